The highest BCUT2D eigenvalue weighted by Crippen LogP contribution is 2.21. The summed E-state index contributed by atoms with van der Waals surface area (Å²) >= 11 is 1.43. The third kappa shape index (κ3) is 3.81. The van der Waals surface area contributed by atoms with Crippen molar-refractivity contribution >= 4 is 24.3 Å². The van der Waals surface area contributed by atoms with E-state index in [0.717, 1.165) is 22.5 Å². The standard InChI is InChI=1S/C14H16BFN2O2S/c1-8-9(2)17-14(18-10(8)3)21-7-11-4-5-13(16)12(6-11)15(19)20/h4-6,19-20H,7H2,1-3H3. The summed E-state index contributed by atoms with van der Waals surface area (Å²) in [4.78, 5) is 8.81. The number of thioether (sulfide) groups is 1. The van der Waals surface area contributed by atoms with Crippen LogP contribution in [0.5, 0.6) is 0 Å². The molecule has 21 heavy (non-hydrogen) atoms. The van der Waals surface area contributed by atoms with Gasteiger partial charge in [0.25, 0.3) is 0 Å². The lowest BCUT2D eigenvalue weighted by Crippen LogP contribution is -2.33. The Morgan fingerprint density at radius 2 is 1.76 bits per heavy atom. The maximum atomic E-state index is 13.4. The van der Waals surface area contributed by atoms with E-state index in [4.69, 9.17) is 10.0 Å². The second-order valence-corrected chi connectivity index (χ2v) is 5.76. The first-order valence-electron chi connectivity index (χ1n) is 6.47. The van der Waals surface area contributed by atoms with E-state index in [-0.39, 0.29) is 5.46 Å². The normalized spacial score (nSPS) is 10.8. The summed E-state index contributed by atoms with van der Waals surface area (Å²) in [5.41, 5.74) is 3.62. The summed E-state index contributed by atoms with van der Waals surface area (Å²) in [6, 6.07) is 4.29. The Bertz CT molecular complexity index is 644. The molecule has 0 aliphatic rings. The zero-order valence-electron chi connectivity index (χ0n) is 12.1. The van der Waals surface area contributed by atoms with E-state index in [1.165, 1.54) is 23.9 Å². The molecule has 110 valence electrons. The Kier molecular flexibility index (Phi) is 4.98. The smallest absolute Gasteiger partial charge is 0.423 e. The van der Waals surface area contributed by atoms with Crippen molar-refractivity contribution in [1.82, 2.24) is 9.97 Å². The van der Waals surface area contributed by atoms with Crippen molar-refractivity contribution in [3.8, 4) is 0 Å². The van der Waals surface area contributed by atoms with Crippen LogP contribution in [0.4, 0.5) is 4.39 Å². The minimum absolute atomic E-state index is 0.120. The van der Waals surface area contributed by atoms with Crippen LogP contribution in [0.3, 0.4) is 0 Å². The molecule has 2 N–H and O–H groups in total. The number of benzene rings is 1. The van der Waals surface area contributed by atoms with Gasteiger partial charge in [0.15, 0.2) is 5.16 Å². The van der Waals surface area contributed by atoms with Gasteiger partial charge in [-0.05, 0) is 38.0 Å². The molecule has 4 nitrogen and oxygen atoms in total. The molecule has 0 spiro atoms. The third-order valence-electron chi connectivity index (χ3n) is 3.32. The van der Waals surface area contributed by atoms with Gasteiger partial charge in [0, 0.05) is 22.6 Å². The molecular weight excluding hydrogens is 290 g/mol. The fraction of sp³-hybridized carbons (Fsp3) is 0.286. The number of nitrogens with zero attached hydrogens (tertiary/aromatic N) is 2. The van der Waals surface area contributed by atoms with Crippen LogP contribution in [-0.4, -0.2) is 27.1 Å². The van der Waals surface area contributed by atoms with Gasteiger partial charge in [-0.2, -0.15) is 0 Å². The lowest BCUT2D eigenvalue weighted by Gasteiger charge is -2.08. The van der Waals surface area contributed by atoms with Crippen LogP contribution in [0.2, 0.25) is 0 Å². The molecule has 0 atom stereocenters. The topological polar surface area (TPSA) is 66.2 Å². The average molecular weight is 306 g/mol. The van der Waals surface area contributed by atoms with Gasteiger partial charge in [-0.3, -0.25) is 0 Å². The summed E-state index contributed by atoms with van der Waals surface area (Å²) in [5.74, 6) is -0.0981. The van der Waals surface area contributed by atoms with Crippen LogP contribution in [0, 0.1) is 26.6 Å². The van der Waals surface area contributed by atoms with E-state index in [1.807, 2.05) is 20.8 Å². The van der Waals surface area contributed by atoms with Crippen molar-refractivity contribution in [1.29, 1.82) is 0 Å². The average Bonchev–Trinajstić information content (AvgIpc) is 2.43. The molecule has 0 aliphatic carbocycles. The van der Waals surface area contributed by atoms with Gasteiger partial charge in [0.2, 0.25) is 0 Å². The van der Waals surface area contributed by atoms with Crippen LogP contribution >= 0.6 is 11.8 Å². The highest BCUT2D eigenvalue weighted by atomic mass is 32.2. The van der Waals surface area contributed by atoms with Crippen LogP contribution in [0.25, 0.3) is 0 Å². The molecule has 2 aromatic rings. The molecule has 0 unspecified atom stereocenters. The molecule has 1 aromatic carbocycles. The molecule has 0 saturated heterocycles. The molecule has 2 rings (SSSR count). The quantitative estimate of drug-likeness (QED) is 0.509. The summed E-state index contributed by atoms with van der Waals surface area (Å²) in [5, 5.41) is 18.9. The first-order valence-corrected chi connectivity index (χ1v) is 7.46. The van der Waals surface area contributed by atoms with E-state index in [1.54, 1.807) is 6.07 Å². The van der Waals surface area contributed by atoms with Gasteiger partial charge in [-0.1, -0.05) is 23.9 Å². The molecular formula is C14H16BFN2O2S. The summed E-state index contributed by atoms with van der Waals surface area (Å²) < 4.78 is 13.4. The second kappa shape index (κ2) is 6.55. The predicted molar refractivity (Wildman–Crippen MR) is 82.0 cm³/mol. The van der Waals surface area contributed by atoms with Crippen molar-refractivity contribution < 1.29 is 14.4 Å². The minimum atomic E-state index is -1.81. The van der Waals surface area contributed by atoms with Gasteiger partial charge in [-0.15, -0.1) is 0 Å². The Balaban J connectivity index is 2.15. The van der Waals surface area contributed by atoms with E-state index in [9.17, 15) is 4.39 Å². The number of aromatic nitrogens is 2. The monoisotopic (exact) mass is 306 g/mol. The molecule has 7 heteroatoms. The molecule has 1 aromatic heterocycles. The van der Waals surface area contributed by atoms with Crippen LogP contribution in [0.1, 0.15) is 22.5 Å². The SMILES string of the molecule is Cc1nc(SCc2ccc(F)c(B(O)O)c2)nc(C)c1C. The summed E-state index contributed by atoms with van der Waals surface area (Å²) in [6.07, 6.45) is 0. The Morgan fingerprint density at radius 1 is 1.14 bits per heavy atom. The Labute approximate surface area is 127 Å². The first kappa shape index (κ1) is 15.9. The zero-order chi connectivity index (χ0) is 15.6. The van der Waals surface area contributed by atoms with Gasteiger partial charge in [-0.25, -0.2) is 14.4 Å². The van der Waals surface area contributed by atoms with E-state index < -0.39 is 12.9 Å². The second-order valence-electron chi connectivity index (χ2n) is 4.82. The van der Waals surface area contributed by atoms with Crippen LogP contribution in [-0.2, 0) is 5.75 Å². The lowest BCUT2D eigenvalue weighted by atomic mass is 9.79. The Morgan fingerprint density at radius 3 is 2.33 bits per heavy atom. The maximum absolute atomic E-state index is 13.4. The van der Waals surface area contributed by atoms with Crippen molar-refractivity contribution in [3.05, 3.63) is 46.5 Å². The lowest BCUT2D eigenvalue weighted by molar-refractivity contribution is 0.423. The minimum Gasteiger partial charge on any atom is -0.423 e. The van der Waals surface area contributed by atoms with Gasteiger partial charge in [0.1, 0.15) is 5.82 Å². The van der Waals surface area contributed by atoms with Gasteiger partial charge in [0.05, 0.1) is 0 Å². The van der Waals surface area contributed by atoms with Gasteiger partial charge < -0.3 is 10.0 Å². The van der Waals surface area contributed by atoms with E-state index >= 15 is 0 Å². The summed E-state index contributed by atoms with van der Waals surface area (Å²) in [7, 11) is -1.81. The molecule has 0 aliphatic heterocycles. The highest BCUT2D eigenvalue weighted by Gasteiger charge is 2.17. The fourth-order valence-corrected chi connectivity index (χ4v) is 2.71. The summed E-state index contributed by atoms with van der Waals surface area (Å²) in [6.45, 7) is 5.85. The largest absolute Gasteiger partial charge is 0.491 e. The van der Waals surface area contributed by atoms with Crippen molar-refractivity contribution in [2.24, 2.45) is 0 Å². The van der Waals surface area contributed by atoms with Gasteiger partial charge >= 0.3 is 7.12 Å². The fourth-order valence-electron chi connectivity index (χ4n) is 1.83. The predicted octanol–water partition coefficient (Wildman–Crippen LogP) is 1.51. The number of hydrogen-bond acceptors (Lipinski definition) is 5. The van der Waals surface area contributed by atoms with E-state index in [2.05, 4.69) is 9.97 Å². The molecule has 0 amide bonds. The van der Waals surface area contributed by atoms with Crippen molar-refractivity contribution in [2.45, 2.75) is 31.7 Å². The first-order chi connectivity index (χ1) is 9.88. The molecule has 0 radical (unpaired) electrons. The van der Waals surface area contributed by atoms with Crippen molar-refractivity contribution in [2.75, 3.05) is 0 Å². The van der Waals surface area contributed by atoms with E-state index in [0.29, 0.717) is 10.9 Å². The maximum Gasteiger partial charge on any atom is 0.491 e. The zero-order valence-corrected chi connectivity index (χ0v) is 12.9. The van der Waals surface area contributed by atoms with Crippen LogP contribution in [0.15, 0.2) is 23.4 Å². The third-order valence-corrected chi connectivity index (χ3v) is 4.24. The molecule has 0 fully saturated rings. The molecule has 0 saturated carbocycles. The van der Waals surface area contributed by atoms with Crippen LogP contribution < -0.4 is 5.46 Å². The molecule has 1 heterocycles. The number of hydrogen-bond donors (Lipinski definition) is 2. The molecule has 0 bridgehead atoms. The van der Waals surface area contributed by atoms with Crippen molar-refractivity contribution in [3.63, 3.8) is 0 Å². The number of halogens is 1. The Hall–Kier alpha value is -1.44. The number of rotatable bonds is 4. The highest BCUT2D eigenvalue weighted by molar-refractivity contribution is 7.98. The number of aryl methyl sites for hydroxylation is 2.